The van der Waals surface area contributed by atoms with Crippen LogP contribution in [0.15, 0.2) is 48.5 Å². The number of benzene rings is 2. The molecule has 120 valence electrons. The summed E-state index contributed by atoms with van der Waals surface area (Å²) in [5.41, 5.74) is 2.13. The highest BCUT2D eigenvalue weighted by Gasteiger charge is 2.06. The molecular formula is C18H17ClFNO2. The molecule has 0 fully saturated rings. The molecule has 0 aliphatic heterocycles. The molecule has 0 saturated carbocycles. The number of carbonyl (C=O) groups excluding carboxylic acids is 1. The number of rotatable bonds is 6. The smallest absolute Gasteiger partial charge is 0.330 e. The summed E-state index contributed by atoms with van der Waals surface area (Å²) in [4.78, 5) is 11.2. The first-order valence-electron chi connectivity index (χ1n) is 7.22. The van der Waals surface area contributed by atoms with Crippen LogP contribution in [-0.2, 0) is 16.1 Å². The summed E-state index contributed by atoms with van der Waals surface area (Å²) in [5.74, 6) is -0.706. The second-order valence-corrected chi connectivity index (χ2v) is 5.17. The van der Waals surface area contributed by atoms with E-state index in [0.717, 1.165) is 11.3 Å². The van der Waals surface area contributed by atoms with Crippen molar-refractivity contribution < 1.29 is 13.9 Å². The zero-order valence-electron chi connectivity index (χ0n) is 12.7. The third kappa shape index (κ3) is 5.11. The van der Waals surface area contributed by atoms with Crippen molar-refractivity contribution in [3.63, 3.8) is 0 Å². The van der Waals surface area contributed by atoms with E-state index in [-0.39, 0.29) is 11.8 Å². The average Bonchev–Trinajstić information content (AvgIpc) is 2.54. The summed E-state index contributed by atoms with van der Waals surface area (Å²) in [6, 6.07) is 12.0. The highest BCUT2D eigenvalue weighted by Crippen LogP contribution is 2.20. The van der Waals surface area contributed by atoms with E-state index in [2.05, 4.69) is 5.32 Å². The van der Waals surface area contributed by atoms with E-state index in [1.54, 1.807) is 25.1 Å². The molecule has 1 N–H and O–H groups in total. The summed E-state index contributed by atoms with van der Waals surface area (Å²) < 4.78 is 18.5. The van der Waals surface area contributed by atoms with Gasteiger partial charge in [0.05, 0.1) is 6.61 Å². The van der Waals surface area contributed by atoms with Gasteiger partial charge in [-0.2, -0.15) is 0 Å². The van der Waals surface area contributed by atoms with Gasteiger partial charge >= 0.3 is 5.97 Å². The maximum absolute atomic E-state index is 13.7. The van der Waals surface area contributed by atoms with Crippen molar-refractivity contribution in [3.05, 3.63) is 70.5 Å². The second kappa shape index (κ2) is 8.34. The van der Waals surface area contributed by atoms with Crippen molar-refractivity contribution in [3.8, 4) is 0 Å². The molecule has 0 spiro atoms. The van der Waals surface area contributed by atoms with Crippen LogP contribution in [0.25, 0.3) is 6.08 Å². The van der Waals surface area contributed by atoms with Crippen LogP contribution >= 0.6 is 11.6 Å². The van der Waals surface area contributed by atoms with Crippen LogP contribution in [-0.4, -0.2) is 12.6 Å². The fraction of sp³-hybridized carbons (Fsp3) is 0.167. The Morgan fingerprint density at radius 1 is 1.26 bits per heavy atom. The Morgan fingerprint density at radius 2 is 2.00 bits per heavy atom. The normalized spacial score (nSPS) is 10.7. The van der Waals surface area contributed by atoms with Crippen LogP contribution in [0.3, 0.4) is 0 Å². The SMILES string of the molecule is CCOC(=O)C=Cc1ccc(NCc2c(F)cccc2Cl)cc1. The molecule has 0 bridgehead atoms. The fourth-order valence-corrected chi connectivity index (χ4v) is 2.19. The largest absolute Gasteiger partial charge is 0.463 e. The molecule has 5 heteroatoms. The lowest BCUT2D eigenvalue weighted by Gasteiger charge is -2.09. The summed E-state index contributed by atoms with van der Waals surface area (Å²) in [7, 11) is 0. The molecule has 2 aromatic carbocycles. The van der Waals surface area contributed by atoms with Gasteiger partial charge in [0.1, 0.15) is 5.82 Å². The first kappa shape index (κ1) is 17.0. The van der Waals surface area contributed by atoms with Gasteiger partial charge in [-0.3, -0.25) is 0 Å². The molecular weight excluding hydrogens is 317 g/mol. The second-order valence-electron chi connectivity index (χ2n) is 4.76. The highest BCUT2D eigenvalue weighted by molar-refractivity contribution is 6.31. The van der Waals surface area contributed by atoms with E-state index < -0.39 is 0 Å². The number of esters is 1. The topological polar surface area (TPSA) is 38.3 Å². The van der Waals surface area contributed by atoms with Crippen LogP contribution in [0.5, 0.6) is 0 Å². The number of carbonyl (C=O) groups is 1. The van der Waals surface area contributed by atoms with E-state index in [9.17, 15) is 9.18 Å². The van der Waals surface area contributed by atoms with Crippen molar-refractivity contribution in [2.24, 2.45) is 0 Å². The van der Waals surface area contributed by atoms with Crippen LogP contribution in [0, 0.1) is 5.82 Å². The van der Waals surface area contributed by atoms with Gasteiger partial charge in [0.2, 0.25) is 0 Å². The molecule has 0 radical (unpaired) electrons. The molecule has 0 amide bonds. The lowest BCUT2D eigenvalue weighted by Crippen LogP contribution is -2.02. The minimum atomic E-state index is -0.371. The van der Waals surface area contributed by atoms with Gasteiger partial charge in [-0.1, -0.05) is 29.8 Å². The van der Waals surface area contributed by atoms with Crippen molar-refractivity contribution in [2.75, 3.05) is 11.9 Å². The van der Waals surface area contributed by atoms with Crippen LogP contribution in [0.4, 0.5) is 10.1 Å². The molecule has 0 aliphatic carbocycles. The van der Waals surface area contributed by atoms with E-state index >= 15 is 0 Å². The first-order chi connectivity index (χ1) is 11.1. The van der Waals surface area contributed by atoms with Crippen LogP contribution in [0.2, 0.25) is 5.02 Å². The third-order valence-electron chi connectivity index (χ3n) is 3.14. The van der Waals surface area contributed by atoms with Crippen molar-refractivity contribution >= 4 is 29.3 Å². The van der Waals surface area contributed by atoms with E-state index in [4.69, 9.17) is 16.3 Å². The van der Waals surface area contributed by atoms with Crippen molar-refractivity contribution in [1.29, 1.82) is 0 Å². The Balaban J connectivity index is 1.96. The Kier molecular flexibility index (Phi) is 6.18. The lowest BCUT2D eigenvalue weighted by atomic mass is 10.1. The Hall–Kier alpha value is -2.33. The molecule has 0 atom stereocenters. The lowest BCUT2D eigenvalue weighted by molar-refractivity contribution is -0.137. The zero-order valence-corrected chi connectivity index (χ0v) is 13.4. The molecule has 0 saturated heterocycles. The van der Waals surface area contributed by atoms with Crippen LogP contribution in [0.1, 0.15) is 18.1 Å². The molecule has 23 heavy (non-hydrogen) atoms. The standard InChI is InChI=1S/C18H17ClFNO2/c1-2-23-18(22)11-8-13-6-9-14(10-7-13)21-12-15-16(19)4-3-5-17(15)20/h3-11,21H,2,12H2,1H3. The van der Waals surface area contributed by atoms with E-state index in [1.807, 2.05) is 24.3 Å². The summed E-state index contributed by atoms with van der Waals surface area (Å²) in [5, 5.41) is 3.51. The monoisotopic (exact) mass is 333 g/mol. The van der Waals surface area contributed by atoms with Crippen molar-refractivity contribution in [2.45, 2.75) is 13.5 Å². The number of halogens is 2. The molecule has 2 aromatic rings. The summed E-state index contributed by atoms with van der Waals surface area (Å²) in [6.45, 7) is 2.40. The van der Waals surface area contributed by atoms with Crippen LogP contribution < -0.4 is 5.32 Å². The maximum atomic E-state index is 13.7. The van der Waals surface area contributed by atoms with Gasteiger partial charge in [0.25, 0.3) is 0 Å². The third-order valence-corrected chi connectivity index (χ3v) is 3.49. The van der Waals surface area contributed by atoms with Gasteiger partial charge in [-0.05, 0) is 42.8 Å². The Labute approximate surface area is 139 Å². The number of hydrogen-bond acceptors (Lipinski definition) is 3. The highest BCUT2D eigenvalue weighted by atomic mass is 35.5. The minimum Gasteiger partial charge on any atom is -0.463 e. The van der Waals surface area contributed by atoms with Gasteiger partial charge in [0.15, 0.2) is 0 Å². The van der Waals surface area contributed by atoms with Gasteiger partial charge in [-0.15, -0.1) is 0 Å². The fourth-order valence-electron chi connectivity index (χ4n) is 1.96. The molecule has 3 nitrogen and oxygen atoms in total. The molecule has 0 aliphatic rings. The Morgan fingerprint density at radius 3 is 2.65 bits per heavy atom. The molecule has 0 heterocycles. The maximum Gasteiger partial charge on any atom is 0.330 e. The number of ether oxygens (including phenoxy) is 1. The van der Waals surface area contributed by atoms with Gasteiger partial charge in [-0.25, -0.2) is 9.18 Å². The number of hydrogen-bond donors (Lipinski definition) is 1. The van der Waals surface area contributed by atoms with E-state index in [0.29, 0.717) is 23.7 Å². The summed E-state index contributed by atoms with van der Waals surface area (Å²) >= 11 is 5.98. The van der Waals surface area contributed by atoms with Gasteiger partial charge in [0, 0.05) is 28.9 Å². The quantitative estimate of drug-likeness (QED) is 0.617. The minimum absolute atomic E-state index is 0.295. The van der Waals surface area contributed by atoms with Crippen molar-refractivity contribution in [1.82, 2.24) is 0 Å². The predicted molar refractivity (Wildman–Crippen MR) is 90.8 cm³/mol. The molecule has 2 rings (SSSR count). The van der Waals surface area contributed by atoms with Gasteiger partial charge < -0.3 is 10.1 Å². The predicted octanol–water partition coefficient (Wildman–Crippen LogP) is 4.67. The van der Waals surface area contributed by atoms with E-state index in [1.165, 1.54) is 12.1 Å². The molecule has 0 aromatic heterocycles. The number of anilines is 1. The molecule has 0 unspecified atom stereocenters. The first-order valence-corrected chi connectivity index (χ1v) is 7.59. The average molecular weight is 334 g/mol. The zero-order chi connectivity index (χ0) is 16.7. The number of nitrogens with one attached hydrogen (secondary N) is 1. The Bertz CT molecular complexity index is 678. The summed E-state index contributed by atoms with van der Waals surface area (Å²) in [6.07, 6.45) is 3.06.